The number of carbonyl (C=O) groups is 1. The second-order valence-corrected chi connectivity index (χ2v) is 5.95. The summed E-state index contributed by atoms with van der Waals surface area (Å²) in [5, 5.41) is 16.7. The van der Waals surface area contributed by atoms with Crippen LogP contribution < -0.4 is 10.6 Å². The number of unbranched alkanes of at least 4 members (excludes halogenated alkanes) is 5. The molecule has 0 saturated heterocycles. The number of hydrogen-bond donors (Lipinski definition) is 2. The van der Waals surface area contributed by atoms with Gasteiger partial charge in [0, 0.05) is 37.3 Å². The number of non-ortho nitro benzene ring substituents is 1. The molecule has 0 spiro atoms. The Labute approximate surface area is 144 Å². The number of nitro groups is 1. The first-order valence-electron chi connectivity index (χ1n) is 8.88. The third-order valence-corrected chi connectivity index (χ3v) is 3.84. The molecule has 24 heavy (non-hydrogen) atoms. The summed E-state index contributed by atoms with van der Waals surface area (Å²) in [6.07, 6.45) is 8.30. The van der Waals surface area contributed by atoms with E-state index in [0.717, 1.165) is 37.9 Å². The fourth-order valence-electron chi connectivity index (χ4n) is 2.39. The molecule has 0 aliphatic carbocycles. The highest BCUT2D eigenvalue weighted by Crippen LogP contribution is 2.15. The van der Waals surface area contributed by atoms with E-state index in [1.165, 1.54) is 31.4 Å². The van der Waals surface area contributed by atoms with Crippen molar-refractivity contribution in [2.24, 2.45) is 0 Å². The van der Waals surface area contributed by atoms with Gasteiger partial charge in [-0.1, -0.05) is 32.6 Å². The molecular formula is C18H29N3O3. The first-order valence-corrected chi connectivity index (χ1v) is 8.88. The van der Waals surface area contributed by atoms with Crippen molar-refractivity contribution in [2.45, 2.75) is 58.3 Å². The number of amides is 1. The van der Waals surface area contributed by atoms with E-state index < -0.39 is 4.92 Å². The minimum absolute atomic E-state index is 0.0953. The quantitative estimate of drug-likeness (QED) is 0.320. The number of nitro benzene ring substituents is 1. The minimum Gasteiger partial charge on any atom is -0.385 e. The van der Waals surface area contributed by atoms with E-state index in [1.807, 2.05) is 0 Å². The topological polar surface area (TPSA) is 84.3 Å². The second-order valence-electron chi connectivity index (χ2n) is 5.95. The maximum Gasteiger partial charge on any atom is 0.269 e. The lowest BCUT2D eigenvalue weighted by Gasteiger charge is -2.07. The summed E-state index contributed by atoms with van der Waals surface area (Å²) in [4.78, 5) is 21.8. The number of hydrogen-bond acceptors (Lipinski definition) is 4. The van der Waals surface area contributed by atoms with Crippen LogP contribution in [0.5, 0.6) is 0 Å². The molecule has 1 aromatic carbocycles. The first kappa shape index (κ1) is 19.9. The number of nitrogens with zero attached hydrogens (tertiary/aromatic N) is 1. The van der Waals surface area contributed by atoms with Crippen LogP contribution >= 0.6 is 0 Å². The van der Waals surface area contributed by atoms with E-state index >= 15 is 0 Å². The van der Waals surface area contributed by atoms with Gasteiger partial charge in [0.1, 0.15) is 0 Å². The lowest BCUT2D eigenvalue weighted by Crippen LogP contribution is -2.24. The molecule has 1 aromatic rings. The largest absolute Gasteiger partial charge is 0.385 e. The maximum atomic E-state index is 11.6. The first-order chi connectivity index (χ1) is 11.6. The molecule has 0 radical (unpaired) electrons. The number of anilines is 1. The monoisotopic (exact) mass is 335 g/mol. The van der Waals surface area contributed by atoms with Crippen molar-refractivity contribution >= 4 is 17.3 Å². The van der Waals surface area contributed by atoms with Gasteiger partial charge in [0.2, 0.25) is 5.91 Å². The predicted octanol–water partition coefficient (Wildman–Crippen LogP) is 4.26. The molecule has 0 fully saturated rings. The molecule has 0 atom stereocenters. The van der Waals surface area contributed by atoms with Crippen molar-refractivity contribution in [1.82, 2.24) is 5.32 Å². The average Bonchev–Trinajstić information content (AvgIpc) is 2.58. The molecule has 0 aliphatic heterocycles. The molecule has 0 unspecified atom stereocenters. The fourth-order valence-corrected chi connectivity index (χ4v) is 2.39. The van der Waals surface area contributed by atoms with Gasteiger partial charge in [0.25, 0.3) is 5.69 Å². The number of benzene rings is 1. The third-order valence-electron chi connectivity index (χ3n) is 3.84. The summed E-state index contributed by atoms with van der Waals surface area (Å²) in [5.41, 5.74) is 0.967. The summed E-state index contributed by atoms with van der Waals surface area (Å²) in [6, 6.07) is 6.39. The van der Waals surface area contributed by atoms with E-state index in [1.54, 1.807) is 12.1 Å². The van der Waals surface area contributed by atoms with E-state index in [-0.39, 0.29) is 11.6 Å². The van der Waals surface area contributed by atoms with Crippen molar-refractivity contribution in [1.29, 1.82) is 0 Å². The average molecular weight is 335 g/mol. The molecule has 0 heterocycles. The zero-order valence-corrected chi connectivity index (χ0v) is 14.6. The Balaban J connectivity index is 2.00. The Bertz CT molecular complexity index is 489. The van der Waals surface area contributed by atoms with Crippen LogP contribution in [0.3, 0.4) is 0 Å². The fraction of sp³-hybridized carbons (Fsp3) is 0.611. The normalized spacial score (nSPS) is 10.4. The van der Waals surface area contributed by atoms with Crippen LogP contribution in [-0.2, 0) is 4.79 Å². The summed E-state index contributed by atoms with van der Waals surface area (Å²) < 4.78 is 0. The van der Waals surface area contributed by atoms with Gasteiger partial charge >= 0.3 is 0 Å². The number of carbonyl (C=O) groups excluding carboxylic acids is 1. The molecule has 6 heteroatoms. The van der Waals surface area contributed by atoms with Gasteiger partial charge in [-0.05, 0) is 31.4 Å². The Morgan fingerprint density at radius 3 is 2.33 bits per heavy atom. The Morgan fingerprint density at radius 2 is 1.67 bits per heavy atom. The van der Waals surface area contributed by atoms with Gasteiger partial charge < -0.3 is 10.6 Å². The molecule has 0 aromatic heterocycles. The van der Waals surface area contributed by atoms with Gasteiger partial charge in [-0.15, -0.1) is 0 Å². The molecule has 134 valence electrons. The van der Waals surface area contributed by atoms with E-state index in [2.05, 4.69) is 17.6 Å². The van der Waals surface area contributed by atoms with Crippen LogP contribution in [0.15, 0.2) is 24.3 Å². The summed E-state index contributed by atoms with van der Waals surface area (Å²) >= 11 is 0. The van der Waals surface area contributed by atoms with Crippen molar-refractivity contribution in [3.05, 3.63) is 34.4 Å². The second kappa shape index (κ2) is 12.3. The highest BCUT2D eigenvalue weighted by atomic mass is 16.6. The van der Waals surface area contributed by atoms with Gasteiger partial charge in [-0.2, -0.15) is 0 Å². The van der Waals surface area contributed by atoms with Crippen molar-refractivity contribution < 1.29 is 9.72 Å². The van der Waals surface area contributed by atoms with Crippen LogP contribution in [0.1, 0.15) is 58.3 Å². The standard InChI is InChI=1S/C18H29N3O3/c1-2-3-4-5-6-9-18(22)20-15-8-7-14-19-16-10-12-17(13-11-16)21(23)24/h10-13,19H,2-9,14-15H2,1H3,(H,20,22). The zero-order valence-electron chi connectivity index (χ0n) is 14.6. The highest BCUT2D eigenvalue weighted by molar-refractivity contribution is 5.75. The maximum absolute atomic E-state index is 11.6. The third kappa shape index (κ3) is 9.12. The molecule has 0 aliphatic rings. The van der Waals surface area contributed by atoms with E-state index in [4.69, 9.17) is 0 Å². The Kier molecular flexibility index (Phi) is 10.2. The van der Waals surface area contributed by atoms with Gasteiger partial charge in [-0.25, -0.2) is 0 Å². The van der Waals surface area contributed by atoms with Crippen molar-refractivity contribution in [3.63, 3.8) is 0 Å². The lowest BCUT2D eigenvalue weighted by molar-refractivity contribution is -0.384. The number of nitrogens with one attached hydrogen (secondary N) is 2. The smallest absolute Gasteiger partial charge is 0.269 e. The molecular weight excluding hydrogens is 306 g/mol. The molecule has 2 N–H and O–H groups in total. The van der Waals surface area contributed by atoms with Gasteiger partial charge in [0.15, 0.2) is 0 Å². The molecule has 1 amide bonds. The van der Waals surface area contributed by atoms with Crippen molar-refractivity contribution in [2.75, 3.05) is 18.4 Å². The predicted molar refractivity (Wildman–Crippen MR) is 97.2 cm³/mol. The van der Waals surface area contributed by atoms with Crippen LogP contribution in [0, 0.1) is 10.1 Å². The Morgan fingerprint density at radius 1 is 1.00 bits per heavy atom. The van der Waals surface area contributed by atoms with Crippen LogP contribution in [0.2, 0.25) is 0 Å². The van der Waals surface area contributed by atoms with E-state index in [0.29, 0.717) is 13.0 Å². The highest BCUT2D eigenvalue weighted by Gasteiger charge is 2.03. The molecule has 0 saturated carbocycles. The zero-order chi connectivity index (χ0) is 17.6. The van der Waals surface area contributed by atoms with Crippen LogP contribution in [0.25, 0.3) is 0 Å². The lowest BCUT2D eigenvalue weighted by atomic mass is 10.1. The van der Waals surface area contributed by atoms with Crippen LogP contribution in [0.4, 0.5) is 11.4 Å². The molecule has 6 nitrogen and oxygen atoms in total. The summed E-state index contributed by atoms with van der Waals surface area (Å²) in [5.74, 6) is 0.148. The molecule has 0 bridgehead atoms. The Hall–Kier alpha value is -2.11. The van der Waals surface area contributed by atoms with E-state index in [9.17, 15) is 14.9 Å². The van der Waals surface area contributed by atoms with Gasteiger partial charge in [-0.3, -0.25) is 14.9 Å². The van der Waals surface area contributed by atoms with Gasteiger partial charge in [0.05, 0.1) is 4.92 Å². The minimum atomic E-state index is -0.406. The SMILES string of the molecule is CCCCCCCC(=O)NCCCCNc1ccc([N+](=O)[O-])cc1. The van der Waals surface area contributed by atoms with Crippen LogP contribution in [-0.4, -0.2) is 23.9 Å². The van der Waals surface area contributed by atoms with Crippen molar-refractivity contribution in [3.8, 4) is 0 Å². The summed E-state index contributed by atoms with van der Waals surface area (Å²) in [6.45, 7) is 3.67. The molecule has 1 rings (SSSR count). The summed E-state index contributed by atoms with van der Waals surface area (Å²) in [7, 11) is 0. The number of rotatable bonds is 13.